The van der Waals surface area contributed by atoms with Gasteiger partial charge in [-0.05, 0) is 29.8 Å². The summed E-state index contributed by atoms with van der Waals surface area (Å²) in [4.78, 5) is 0. The molecular formula is C14H18N2O4S. The molecule has 0 spiro atoms. The number of nitrogens with zero attached hydrogens (tertiary/aromatic N) is 1. The number of hydrogen-bond donors (Lipinski definition) is 2. The van der Waals surface area contributed by atoms with Crippen LogP contribution in [0.5, 0.6) is 5.75 Å². The van der Waals surface area contributed by atoms with Crippen molar-refractivity contribution >= 4 is 10.0 Å². The summed E-state index contributed by atoms with van der Waals surface area (Å²) in [5.41, 5.74) is 1.01. The highest BCUT2D eigenvalue weighted by Crippen LogP contribution is 2.17. The second-order valence-corrected chi connectivity index (χ2v) is 6.86. The molecule has 0 radical (unpaired) electrons. The zero-order chi connectivity index (χ0) is 15.5. The average molecular weight is 310 g/mol. The highest BCUT2D eigenvalue weighted by Gasteiger charge is 2.21. The van der Waals surface area contributed by atoms with Gasteiger partial charge in [0.2, 0.25) is 5.09 Å². The van der Waals surface area contributed by atoms with E-state index in [1.54, 1.807) is 18.2 Å². The number of hydrogen-bond acceptors (Lipinski definition) is 5. The van der Waals surface area contributed by atoms with Crippen LogP contribution in [0.25, 0.3) is 0 Å². The number of nitrogens with one attached hydrogen (secondary N) is 1. The molecule has 0 saturated heterocycles. The third kappa shape index (κ3) is 3.84. The lowest BCUT2D eigenvalue weighted by atomic mass is 10.2. The van der Waals surface area contributed by atoms with Crippen molar-refractivity contribution in [3.8, 4) is 5.75 Å². The average Bonchev–Trinajstić information content (AvgIpc) is 2.90. The van der Waals surface area contributed by atoms with Crippen LogP contribution < -0.4 is 5.32 Å². The van der Waals surface area contributed by atoms with Gasteiger partial charge in [0.25, 0.3) is 10.0 Å². The molecule has 0 unspecified atom stereocenters. The molecule has 2 aromatic rings. The van der Waals surface area contributed by atoms with Crippen molar-refractivity contribution < 1.29 is 17.9 Å². The van der Waals surface area contributed by atoms with Crippen molar-refractivity contribution in [2.24, 2.45) is 0 Å². The van der Waals surface area contributed by atoms with Crippen LogP contribution in [0.2, 0.25) is 0 Å². The van der Waals surface area contributed by atoms with E-state index >= 15 is 0 Å². The first kappa shape index (κ1) is 15.6. The van der Waals surface area contributed by atoms with Crippen LogP contribution >= 0.6 is 0 Å². The number of rotatable bonds is 6. The van der Waals surface area contributed by atoms with E-state index in [9.17, 15) is 13.5 Å². The molecule has 1 aromatic heterocycles. The zero-order valence-corrected chi connectivity index (χ0v) is 12.7. The van der Waals surface area contributed by atoms with Gasteiger partial charge in [-0.25, -0.2) is 12.7 Å². The molecule has 0 aliphatic heterocycles. The van der Waals surface area contributed by atoms with Crippen molar-refractivity contribution in [2.75, 3.05) is 14.1 Å². The quantitative estimate of drug-likeness (QED) is 0.845. The van der Waals surface area contributed by atoms with Gasteiger partial charge in [0.15, 0.2) is 0 Å². The number of benzene rings is 1. The van der Waals surface area contributed by atoms with E-state index in [0.29, 0.717) is 18.8 Å². The van der Waals surface area contributed by atoms with E-state index in [0.717, 1.165) is 9.87 Å². The predicted molar refractivity (Wildman–Crippen MR) is 78.2 cm³/mol. The SMILES string of the molecule is CN(C)S(=O)(=O)c1ccc(CNCc2ccc(O)cc2)o1. The molecule has 2 rings (SSSR count). The molecule has 0 amide bonds. The number of aromatic hydroxyl groups is 1. The summed E-state index contributed by atoms with van der Waals surface area (Å²) in [5, 5.41) is 12.3. The smallest absolute Gasteiger partial charge is 0.275 e. The Morgan fingerprint density at radius 2 is 1.76 bits per heavy atom. The van der Waals surface area contributed by atoms with Crippen LogP contribution in [0.4, 0.5) is 0 Å². The first-order chi connectivity index (χ1) is 9.89. The molecule has 21 heavy (non-hydrogen) atoms. The fourth-order valence-electron chi connectivity index (χ4n) is 1.72. The van der Waals surface area contributed by atoms with Gasteiger partial charge in [0.1, 0.15) is 11.5 Å². The molecule has 2 N–H and O–H groups in total. The van der Waals surface area contributed by atoms with Crippen LogP contribution in [0.1, 0.15) is 11.3 Å². The molecule has 0 bridgehead atoms. The first-order valence-corrected chi connectivity index (χ1v) is 7.83. The van der Waals surface area contributed by atoms with E-state index in [-0.39, 0.29) is 10.8 Å². The summed E-state index contributed by atoms with van der Waals surface area (Å²) >= 11 is 0. The largest absolute Gasteiger partial charge is 0.508 e. The molecule has 0 saturated carbocycles. The summed E-state index contributed by atoms with van der Waals surface area (Å²) in [7, 11) is -0.609. The minimum Gasteiger partial charge on any atom is -0.508 e. The Balaban J connectivity index is 1.93. The van der Waals surface area contributed by atoms with Gasteiger partial charge in [0, 0.05) is 20.6 Å². The first-order valence-electron chi connectivity index (χ1n) is 6.39. The highest BCUT2D eigenvalue weighted by molar-refractivity contribution is 7.88. The Labute approximate surface area is 124 Å². The Bertz CT molecular complexity index is 690. The Morgan fingerprint density at radius 3 is 2.38 bits per heavy atom. The summed E-state index contributed by atoms with van der Waals surface area (Å²) < 4.78 is 30.2. The Kier molecular flexibility index (Phi) is 4.66. The number of phenolic OH excluding ortho intramolecular Hbond substituents is 1. The zero-order valence-electron chi connectivity index (χ0n) is 11.9. The van der Waals surface area contributed by atoms with E-state index in [4.69, 9.17) is 4.42 Å². The number of phenols is 1. The van der Waals surface area contributed by atoms with Crippen molar-refractivity contribution in [1.29, 1.82) is 0 Å². The fourth-order valence-corrected chi connectivity index (χ4v) is 2.53. The lowest BCUT2D eigenvalue weighted by Crippen LogP contribution is -2.21. The minimum atomic E-state index is -3.53. The lowest BCUT2D eigenvalue weighted by Gasteiger charge is -2.08. The topological polar surface area (TPSA) is 82.8 Å². The minimum absolute atomic E-state index is 0.0612. The van der Waals surface area contributed by atoms with Gasteiger partial charge in [-0.2, -0.15) is 0 Å². The van der Waals surface area contributed by atoms with E-state index in [1.165, 1.54) is 20.2 Å². The molecule has 1 aromatic carbocycles. The summed E-state index contributed by atoms with van der Waals surface area (Å²) in [6.45, 7) is 1.01. The second-order valence-electron chi connectivity index (χ2n) is 4.78. The van der Waals surface area contributed by atoms with Crippen LogP contribution in [-0.4, -0.2) is 31.9 Å². The molecule has 0 atom stereocenters. The molecule has 0 fully saturated rings. The molecule has 0 aliphatic carbocycles. The van der Waals surface area contributed by atoms with E-state index < -0.39 is 10.0 Å². The fraction of sp³-hybridized carbons (Fsp3) is 0.286. The predicted octanol–water partition coefficient (Wildman–Crippen LogP) is 1.53. The standard InChI is InChI=1S/C14H18N2O4S/c1-16(2)21(18,19)14-8-7-13(20-14)10-15-9-11-3-5-12(17)6-4-11/h3-8,15,17H,9-10H2,1-2H3. The maximum atomic E-state index is 11.9. The molecule has 1 heterocycles. The normalized spacial score (nSPS) is 12.0. The van der Waals surface area contributed by atoms with E-state index in [1.807, 2.05) is 12.1 Å². The monoisotopic (exact) mass is 310 g/mol. The van der Waals surface area contributed by atoms with Gasteiger partial charge >= 0.3 is 0 Å². The van der Waals surface area contributed by atoms with Gasteiger partial charge < -0.3 is 14.8 Å². The Hall–Kier alpha value is -1.83. The van der Waals surface area contributed by atoms with Crippen molar-refractivity contribution in [2.45, 2.75) is 18.2 Å². The van der Waals surface area contributed by atoms with Crippen LogP contribution in [-0.2, 0) is 23.1 Å². The lowest BCUT2D eigenvalue weighted by molar-refractivity contribution is 0.389. The van der Waals surface area contributed by atoms with Crippen molar-refractivity contribution in [1.82, 2.24) is 9.62 Å². The maximum Gasteiger partial charge on any atom is 0.275 e. The van der Waals surface area contributed by atoms with Crippen molar-refractivity contribution in [3.05, 3.63) is 47.7 Å². The summed E-state index contributed by atoms with van der Waals surface area (Å²) in [6, 6.07) is 9.95. The van der Waals surface area contributed by atoms with Crippen molar-refractivity contribution in [3.63, 3.8) is 0 Å². The molecule has 0 aliphatic rings. The maximum absolute atomic E-state index is 11.9. The van der Waals surface area contributed by atoms with Crippen LogP contribution in [0.3, 0.4) is 0 Å². The van der Waals surface area contributed by atoms with Crippen LogP contribution in [0.15, 0.2) is 45.9 Å². The third-order valence-corrected chi connectivity index (χ3v) is 4.63. The Morgan fingerprint density at radius 1 is 1.10 bits per heavy atom. The highest BCUT2D eigenvalue weighted by atomic mass is 32.2. The third-order valence-electron chi connectivity index (χ3n) is 2.94. The number of furan rings is 1. The van der Waals surface area contributed by atoms with Gasteiger partial charge in [-0.3, -0.25) is 0 Å². The molecule has 114 valence electrons. The van der Waals surface area contributed by atoms with E-state index in [2.05, 4.69) is 5.32 Å². The molecular weight excluding hydrogens is 292 g/mol. The van der Waals surface area contributed by atoms with Gasteiger partial charge in [0.05, 0.1) is 6.54 Å². The van der Waals surface area contributed by atoms with Gasteiger partial charge in [-0.1, -0.05) is 12.1 Å². The molecule has 6 nitrogen and oxygen atoms in total. The van der Waals surface area contributed by atoms with Crippen LogP contribution in [0, 0.1) is 0 Å². The summed E-state index contributed by atoms with van der Waals surface area (Å²) in [6.07, 6.45) is 0. The van der Waals surface area contributed by atoms with Gasteiger partial charge in [-0.15, -0.1) is 0 Å². The molecule has 7 heteroatoms. The number of sulfonamides is 1. The summed E-state index contributed by atoms with van der Waals surface area (Å²) in [5.74, 6) is 0.775. The second kappa shape index (κ2) is 6.30.